The number of rotatable bonds is 2. The molecule has 2 unspecified atom stereocenters. The Morgan fingerprint density at radius 2 is 2.06 bits per heavy atom. The van der Waals surface area contributed by atoms with Crippen LogP contribution in [0.15, 0.2) is 18.2 Å². The van der Waals surface area contributed by atoms with Crippen molar-refractivity contribution >= 4 is 35.6 Å². The Kier molecular flexibility index (Phi) is 6.22. The predicted octanol–water partition coefficient (Wildman–Crippen LogP) is 3.58. The molecule has 2 N–H and O–H groups in total. The zero-order valence-electron chi connectivity index (χ0n) is 10.4. The minimum absolute atomic E-state index is 0. The molecule has 1 aromatic carbocycles. The molecule has 1 aromatic rings. The lowest BCUT2D eigenvalue weighted by molar-refractivity contribution is 0.158. The minimum Gasteiger partial charge on any atom is -0.327 e. The van der Waals surface area contributed by atoms with Crippen LogP contribution in [0.2, 0.25) is 10.0 Å². The molecule has 1 aliphatic heterocycles. The van der Waals surface area contributed by atoms with Crippen molar-refractivity contribution < 1.29 is 0 Å². The Bertz CT molecular complexity index is 398. The van der Waals surface area contributed by atoms with E-state index in [4.69, 9.17) is 28.9 Å². The largest absolute Gasteiger partial charge is 0.327 e. The SMILES string of the molecule is CC1CN(Cc2ccc(Cl)c(Cl)c2)CCC1N.Cl. The molecule has 18 heavy (non-hydrogen) atoms. The van der Waals surface area contributed by atoms with Crippen molar-refractivity contribution in [3.63, 3.8) is 0 Å². The second-order valence-corrected chi connectivity index (χ2v) is 5.73. The van der Waals surface area contributed by atoms with Crippen molar-refractivity contribution in [2.75, 3.05) is 13.1 Å². The van der Waals surface area contributed by atoms with Crippen LogP contribution >= 0.6 is 35.6 Å². The topological polar surface area (TPSA) is 29.3 Å². The summed E-state index contributed by atoms with van der Waals surface area (Å²) in [4.78, 5) is 2.42. The first kappa shape index (κ1) is 16.1. The van der Waals surface area contributed by atoms with Gasteiger partial charge >= 0.3 is 0 Å². The van der Waals surface area contributed by atoms with E-state index in [2.05, 4.69) is 11.8 Å². The number of halogens is 3. The lowest BCUT2D eigenvalue weighted by Crippen LogP contribution is -2.45. The van der Waals surface area contributed by atoms with Crippen molar-refractivity contribution in [1.82, 2.24) is 4.90 Å². The maximum absolute atomic E-state index is 6.01. The first-order chi connectivity index (χ1) is 8.06. The molecule has 102 valence electrons. The molecular formula is C13H19Cl3N2. The molecule has 0 aliphatic carbocycles. The average Bonchev–Trinajstić information content (AvgIpc) is 2.29. The van der Waals surface area contributed by atoms with Crippen molar-refractivity contribution in [2.45, 2.75) is 25.9 Å². The molecule has 5 heteroatoms. The van der Waals surface area contributed by atoms with Crippen LogP contribution in [0.25, 0.3) is 0 Å². The molecular weight excluding hydrogens is 291 g/mol. The molecule has 0 saturated carbocycles. The van der Waals surface area contributed by atoms with Gasteiger partial charge in [0, 0.05) is 19.1 Å². The number of piperidine rings is 1. The highest BCUT2D eigenvalue weighted by Gasteiger charge is 2.22. The molecule has 2 rings (SSSR count). The first-order valence-corrected chi connectivity index (χ1v) is 6.73. The molecule has 2 nitrogen and oxygen atoms in total. The van der Waals surface area contributed by atoms with Crippen LogP contribution in [-0.4, -0.2) is 24.0 Å². The van der Waals surface area contributed by atoms with E-state index in [9.17, 15) is 0 Å². The van der Waals surface area contributed by atoms with Crippen LogP contribution in [0.1, 0.15) is 18.9 Å². The van der Waals surface area contributed by atoms with Gasteiger partial charge in [0.2, 0.25) is 0 Å². The summed E-state index contributed by atoms with van der Waals surface area (Å²) in [5.74, 6) is 0.562. The van der Waals surface area contributed by atoms with Crippen molar-refractivity contribution in [2.24, 2.45) is 11.7 Å². The van der Waals surface area contributed by atoms with Crippen LogP contribution in [0.3, 0.4) is 0 Å². The lowest BCUT2D eigenvalue weighted by atomic mass is 9.94. The molecule has 1 saturated heterocycles. The van der Waals surface area contributed by atoms with Gasteiger partial charge in [0.05, 0.1) is 10.0 Å². The normalized spacial score (nSPS) is 24.7. The number of hydrogen-bond acceptors (Lipinski definition) is 2. The number of nitrogens with two attached hydrogens (primary N) is 1. The van der Waals surface area contributed by atoms with Gasteiger partial charge in [-0.25, -0.2) is 0 Å². The van der Waals surface area contributed by atoms with Crippen LogP contribution in [0.5, 0.6) is 0 Å². The number of benzene rings is 1. The second-order valence-electron chi connectivity index (χ2n) is 4.91. The fourth-order valence-electron chi connectivity index (χ4n) is 2.29. The summed E-state index contributed by atoms with van der Waals surface area (Å²) in [5, 5.41) is 1.25. The van der Waals surface area contributed by atoms with Gasteiger partial charge in [-0.15, -0.1) is 12.4 Å². The van der Waals surface area contributed by atoms with Gasteiger partial charge < -0.3 is 5.73 Å². The third kappa shape index (κ3) is 4.01. The molecule has 0 radical (unpaired) electrons. The van der Waals surface area contributed by atoms with Crippen molar-refractivity contribution in [3.05, 3.63) is 33.8 Å². The van der Waals surface area contributed by atoms with Crippen LogP contribution in [-0.2, 0) is 6.54 Å². The monoisotopic (exact) mass is 308 g/mol. The van der Waals surface area contributed by atoms with Gasteiger partial charge in [-0.3, -0.25) is 4.90 Å². The summed E-state index contributed by atoms with van der Waals surface area (Å²) in [6.07, 6.45) is 1.07. The van der Waals surface area contributed by atoms with Gasteiger partial charge in [-0.1, -0.05) is 36.2 Å². The Morgan fingerprint density at radius 3 is 2.67 bits per heavy atom. The third-order valence-electron chi connectivity index (χ3n) is 3.45. The molecule has 1 fully saturated rings. The van der Waals surface area contributed by atoms with E-state index in [0.717, 1.165) is 26.1 Å². The van der Waals surface area contributed by atoms with Gasteiger partial charge in [0.1, 0.15) is 0 Å². The maximum Gasteiger partial charge on any atom is 0.0595 e. The minimum atomic E-state index is 0. The fourth-order valence-corrected chi connectivity index (χ4v) is 2.61. The molecule has 0 amide bonds. The summed E-state index contributed by atoms with van der Waals surface area (Å²) < 4.78 is 0. The van der Waals surface area contributed by atoms with Crippen LogP contribution in [0, 0.1) is 5.92 Å². The lowest BCUT2D eigenvalue weighted by Gasteiger charge is -2.35. The Labute approximate surface area is 125 Å². The average molecular weight is 310 g/mol. The maximum atomic E-state index is 6.01. The summed E-state index contributed by atoms with van der Waals surface area (Å²) in [5.41, 5.74) is 7.22. The zero-order valence-corrected chi connectivity index (χ0v) is 12.7. The van der Waals surface area contributed by atoms with E-state index in [-0.39, 0.29) is 12.4 Å². The number of hydrogen-bond donors (Lipinski definition) is 1. The second kappa shape index (κ2) is 6.97. The Balaban J connectivity index is 0.00000162. The van der Waals surface area contributed by atoms with E-state index < -0.39 is 0 Å². The van der Waals surface area contributed by atoms with Crippen LogP contribution in [0.4, 0.5) is 0 Å². The highest BCUT2D eigenvalue weighted by atomic mass is 35.5. The number of nitrogens with zero attached hydrogens (tertiary/aromatic N) is 1. The van der Waals surface area contributed by atoms with Gasteiger partial charge in [0.25, 0.3) is 0 Å². The van der Waals surface area contributed by atoms with E-state index in [1.165, 1.54) is 5.56 Å². The molecule has 0 bridgehead atoms. The summed E-state index contributed by atoms with van der Waals surface area (Å²) in [6.45, 7) is 5.26. The quantitative estimate of drug-likeness (QED) is 0.904. The Morgan fingerprint density at radius 1 is 1.33 bits per heavy atom. The summed E-state index contributed by atoms with van der Waals surface area (Å²) >= 11 is 11.9. The highest BCUT2D eigenvalue weighted by Crippen LogP contribution is 2.24. The molecule has 0 spiro atoms. The van der Waals surface area contributed by atoms with E-state index in [0.29, 0.717) is 22.0 Å². The standard InChI is InChI=1S/C13H18Cl2N2.ClH/c1-9-7-17(5-4-13(9)16)8-10-2-3-11(14)12(15)6-10;/h2-3,6,9,13H,4-5,7-8,16H2,1H3;1H. The van der Waals surface area contributed by atoms with Crippen LogP contribution < -0.4 is 5.73 Å². The summed E-state index contributed by atoms with van der Waals surface area (Å²) in [7, 11) is 0. The molecule has 1 heterocycles. The predicted molar refractivity (Wildman–Crippen MR) is 80.7 cm³/mol. The van der Waals surface area contributed by atoms with E-state index >= 15 is 0 Å². The van der Waals surface area contributed by atoms with Gasteiger partial charge in [-0.05, 0) is 36.6 Å². The Hall–Kier alpha value is 0.01000. The number of likely N-dealkylation sites (tertiary alicyclic amines) is 1. The molecule has 1 aliphatic rings. The molecule has 0 aromatic heterocycles. The third-order valence-corrected chi connectivity index (χ3v) is 4.18. The summed E-state index contributed by atoms with van der Waals surface area (Å²) in [6, 6.07) is 6.19. The van der Waals surface area contributed by atoms with Crippen molar-refractivity contribution in [3.8, 4) is 0 Å². The fraction of sp³-hybridized carbons (Fsp3) is 0.538. The van der Waals surface area contributed by atoms with E-state index in [1.54, 1.807) is 0 Å². The van der Waals surface area contributed by atoms with Crippen molar-refractivity contribution in [1.29, 1.82) is 0 Å². The molecule has 2 atom stereocenters. The zero-order chi connectivity index (χ0) is 12.4. The first-order valence-electron chi connectivity index (χ1n) is 5.98. The van der Waals surface area contributed by atoms with Gasteiger partial charge in [0.15, 0.2) is 0 Å². The highest BCUT2D eigenvalue weighted by molar-refractivity contribution is 6.42. The van der Waals surface area contributed by atoms with E-state index in [1.807, 2.05) is 18.2 Å². The smallest absolute Gasteiger partial charge is 0.0595 e. The van der Waals surface area contributed by atoms with Gasteiger partial charge in [-0.2, -0.15) is 0 Å².